The number of aliphatic carboxylic acids is 1. The fourth-order valence-electron chi connectivity index (χ4n) is 3.27. The predicted octanol–water partition coefficient (Wildman–Crippen LogP) is 6.28. The third-order valence-electron chi connectivity index (χ3n) is 4.78. The summed E-state index contributed by atoms with van der Waals surface area (Å²) in [5, 5.41) is 8.89. The van der Waals surface area contributed by atoms with Crippen molar-refractivity contribution in [2.45, 2.75) is 67.1 Å². The van der Waals surface area contributed by atoms with E-state index in [9.17, 15) is 0 Å². The van der Waals surface area contributed by atoms with Gasteiger partial charge in [0.1, 0.15) is 5.75 Å². The maximum Gasteiger partial charge on any atom is 0.166 e. The van der Waals surface area contributed by atoms with E-state index in [-0.39, 0.29) is 10.9 Å². The van der Waals surface area contributed by atoms with Crippen molar-refractivity contribution in [3.05, 3.63) is 84.9 Å². The fraction of sp³-hybridized carbons (Fsp3) is 0.321. The molecule has 3 aromatic rings. The average molecular weight is 451 g/mol. The van der Waals surface area contributed by atoms with Gasteiger partial charge >= 0.3 is 0 Å². The fourth-order valence-corrected chi connectivity index (χ4v) is 5.35. The Morgan fingerprint density at radius 1 is 0.719 bits per heavy atom. The molecule has 0 spiro atoms. The van der Waals surface area contributed by atoms with Gasteiger partial charge in [0.15, 0.2) is 14.7 Å². The molecular weight excluding hydrogens is 416 g/mol. The van der Waals surface area contributed by atoms with Crippen LogP contribution in [0.5, 0.6) is 5.75 Å². The normalized spacial score (nSPS) is 10.3. The number of ether oxygens (including phenoxy) is 1. The number of unbranched alkanes of at least 4 members (excludes halogenated alkanes) is 5. The summed E-state index contributed by atoms with van der Waals surface area (Å²) < 4.78 is 5.96. The second-order valence-corrected chi connectivity index (χ2v) is 9.54. The lowest BCUT2D eigenvalue weighted by atomic mass is 10.1. The van der Waals surface area contributed by atoms with Crippen molar-refractivity contribution in [1.82, 2.24) is 0 Å². The molecule has 0 N–H and O–H groups in total. The SMILES string of the molecule is CC(=O)[O-].CCCCCCCCOc1ccc([S+](c2ccccc2)c2ccccc2)cc1. The van der Waals surface area contributed by atoms with Crippen molar-refractivity contribution in [3.8, 4) is 5.75 Å². The third kappa shape index (κ3) is 9.61. The molecule has 3 rings (SSSR count). The van der Waals surface area contributed by atoms with E-state index >= 15 is 0 Å². The number of rotatable bonds is 11. The number of carboxylic acids is 1. The molecule has 0 heterocycles. The van der Waals surface area contributed by atoms with E-state index < -0.39 is 5.97 Å². The summed E-state index contributed by atoms with van der Waals surface area (Å²) in [4.78, 5) is 12.9. The molecule has 0 radical (unpaired) electrons. The maximum absolute atomic E-state index is 8.89. The Labute approximate surface area is 195 Å². The second-order valence-electron chi connectivity index (χ2n) is 7.51. The molecule has 0 aliphatic carbocycles. The standard InChI is InChI=1S/C26H31OS.C2H4O2/c1-2-3-4-5-6-13-22-27-23-18-20-26(21-19-23)28(24-14-9-7-10-15-24)25-16-11-8-12-17-25;1-2(3)4/h7-12,14-21H,2-6,13,22H2,1H3;1H3,(H,3,4)/q+1;/p-1. The Morgan fingerprint density at radius 3 is 1.66 bits per heavy atom. The van der Waals surface area contributed by atoms with Crippen LogP contribution in [0.4, 0.5) is 0 Å². The lowest BCUT2D eigenvalue weighted by Crippen LogP contribution is -2.16. The zero-order chi connectivity index (χ0) is 23.0. The van der Waals surface area contributed by atoms with Crippen LogP contribution in [0.15, 0.2) is 99.6 Å². The highest BCUT2D eigenvalue weighted by atomic mass is 32.2. The lowest BCUT2D eigenvalue weighted by molar-refractivity contribution is -0.302. The van der Waals surface area contributed by atoms with Crippen LogP contribution >= 0.6 is 0 Å². The largest absolute Gasteiger partial charge is 0.550 e. The minimum atomic E-state index is -1.08. The van der Waals surface area contributed by atoms with Gasteiger partial charge in [-0.2, -0.15) is 0 Å². The van der Waals surface area contributed by atoms with E-state index in [0.717, 1.165) is 25.7 Å². The maximum atomic E-state index is 8.89. The molecule has 0 saturated carbocycles. The van der Waals surface area contributed by atoms with Gasteiger partial charge in [0.25, 0.3) is 0 Å². The van der Waals surface area contributed by atoms with E-state index in [1.165, 1.54) is 46.8 Å². The summed E-state index contributed by atoms with van der Waals surface area (Å²) in [6.07, 6.45) is 7.75. The highest BCUT2D eigenvalue weighted by molar-refractivity contribution is 7.97. The van der Waals surface area contributed by atoms with Gasteiger partial charge in [-0.25, -0.2) is 0 Å². The second kappa shape index (κ2) is 15.1. The molecule has 3 nitrogen and oxygen atoms in total. The number of hydrogen-bond donors (Lipinski definition) is 0. The van der Waals surface area contributed by atoms with Gasteiger partial charge in [0.05, 0.1) is 17.5 Å². The summed E-state index contributed by atoms with van der Waals surface area (Å²) in [6, 6.07) is 30.2. The molecule has 3 aromatic carbocycles. The molecule has 0 fully saturated rings. The first-order valence-corrected chi connectivity index (χ1v) is 12.6. The molecule has 0 aliphatic rings. The van der Waals surface area contributed by atoms with Crippen molar-refractivity contribution >= 4 is 16.9 Å². The van der Waals surface area contributed by atoms with Crippen LogP contribution in [-0.4, -0.2) is 12.6 Å². The zero-order valence-electron chi connectivity index (χ0n) is 19.2. The molecule has 0 unspecified atom stereocenters. The number of carbonyl (C=O) groups is 1. The molecule has 0 aliphatic heterocycles. The van der Waals surface area contributed by atoms with Crippen LogP contribution in [-0.2, 0) is 15.7 Å². The molecule has 170 valence electrons. The summed E-state index contributed by atoms with van der Waals surface area (Å²) in [5.74, 6) is -0.109. The minimum Gasteiger partial charge on any atom is -0.550 e. The topological polar surface area (TPSA) is 49.4 Å². The van der Waals surface area contributed by atoms with Crippen LogP contribution in [0, 0.1) is 0 Å². The summed E-state index contributed by atoms with van der Waals surface area (Å²) >= 11 is 0. The highest BCUT2D eigenvalue weighted by Gasteiger charge is 2.28. The molecule has 0 aromatic heterocycles. The lowest BCUT2D eigenvalue weighted by Gasteiger charge is -2.09. The van der Waals surface area contributed by atoms with E-state index in [4.69, 9.17) is 14.6 Å². The first-order chi connectivity index (χ1) is 15.6. The van der Waals surface area contributed by atoms with Gasteiger partial charge in [0.2, 0.25) is 0 Å². The van der Waals surface area contributed by atoms with Gasteiger partial charge in [0, 0.05) is 5.97 Å². The predicted molar refractivity (Wildman–Crippen MR) is 131 cm³/mol. The first kappa shape index (κ1) is 25.5. The molecule has 0 atom stereocenters. The van der Waals surface area contributed by atoms with Crippen LogP contribution in [0.2, 0.25) is 0 Å². The summed E-state index contributed by atoms with van der Waals surface area (Å²) in [6.45, 7) is 4.04. The number of hydrogen-bond acceptors (Lipinski definition) is 3. The molecule has 32 heavy (non-hydrogen) atoms. The van der Waals surface area contributed by atoms with E-state index in [0.29, 0.717) is 0 Å². The quantitative estimate of drug-likeness (QED) is 0.255. The molecule has 4 heteroatoms. The number of carbonyl (C=O) groups excluding carboxylic acids is 1. The molecular formula is C28H34O3S. The third-order valence-corrected chi connectivity index (χ3v) is 7.01. The van der Waals surface area contributed by atoms with Crippen LogP contribution < -0.4 is 9.84 Å². The Morgan fingerprint density at radius 2 is 1.16 bits per heavy atom. The summed E-state index contributed by atoms with van der Waals surface area (Å²) in [7, 11) is -0.0906. The molecule has 0 bridgehead atoms. The Balaban J connectivity index is 0.000000837. The summed E-state index contributed by atoms with van der Waals surface area (Å²) in [5.41, 5.74) is 0. The Bertz CT molecular complexity index is 836. The van der Waals surface area contributed by atoms with Gasteiger partial charge in [-0.15, -0.1) is 0 Å². The van der Waals surface area contributed by atoms with Crippen LogP contribution in [0.25, 0.3) is 0 Å². The monoisotopic (exact) mass is 450 g/mol. The van der Waals surface area contributed by atoms with Crippen molar-refractivity contribution in [1.29, 1.82) is 0 Å². The Hall–Kier alpha value is -2.72. The number of carboxylic acid groups (broad SMARTS) is 1. The van der Waals surface area contributed by atoms with Crippen LogP contribution in [0.1, 0.15) is 52.4 Å². The van der Waals surface area contributed by atoms with E-state index in [2.05, 4.69) is 91.9 Å². The van der Waals surface area contributed by atoms with Crippen molar-refractivity contribution in [3.63, 3.8) is 0 Å². The first-order valence-electron chi connectivity index (χ1n) is 11.4. The van der Waals surface area contributed by atoms with Gasteiger partial charge in [-0.05, 0) is 61.9 Å². The van der Waals surface area contributed by atoms with E-state index in [1.807, 2.05) is 0 Å². The smallest absolute Gasteiger partial charge is 0.166 e. The van der Waals surface area contributed by atoms with Gasteiger partial charge in [-0.3, -0.25) is 0 Å². The van der Waals surface area contributed by atoms with Crippen molar-refractivity contribution in [2.24, 2.45) is 0 Å². The van der Waals surface area contributed by atoms with Crippen molar-refractivity contribution in [2.75, 3.05) is 6.61 Å². The minimum absolute atomic E-state index is 0.0906. The van der Waals surface area contributed by atoms with Crippen LogP contribution in [0.3, 0.4) is 0 Å². The molecule has 0 saturated heterocycles. The molecule has 0 amide bonds. The van der Waals surface area contributed by atoms with Gasteiger partial charge < -0.3 is 14.6 Å². The average Bonchev–Trinajstić information content (AvgIpc) is 2.81. The Kier molecular flexibility index (Phi) is 12.1. The highest BCUT2D eigenvalue weighted by Crippen LogP contribution is 2.31. The van der Waals surface area contributed by atoms with Gasteiger partial charge in [-0.1, -0.05) is 75.4 Å². The van der Waals surface area contributed by atoms with E-state index in [1.54, 1.807) is 0 Å². The van der Waals surface area contributed by atoms with Crippen molar-refractivity contribution < 1.29 is 14.6 Å². The zero-order valence-corrected chi connectivity index (χ0v) is 20.0. The number of benzene rings is 3.